The summed E-state index contributed by atoms with van der Waals surface area (Å²) >= 11 is 6.00. The fourth-order valence-electron chi connectivity index (χ4n) is 5.26. The van der Waals surface area contributed by atoms with Gasteiger partial charge in [0.05, 0.1) is 0 Å². The highest BCUT2D eigenvalue weighted by Gasteiger charge is 2.50. The van der Waals surface area contributed by atoms with Gasteiger partial charge in [0.1, 0.15) is 0 Å². The van der Waals surface area contributed by atoms with Gasteiger partial charge in [0, 0.05) is 74.3 Å². The van der Waals surface area contributed by atoms with Gasteiger partial charge in [-0.2, -0.15) is 0 Å². The van der Waals surface area contributed by atoms with E-state index in [9.17, 15) is 23.2 Å². The molecule has 3 aliphatic rings. The molecule has 10 heteroatoms. The van der Waals surface area contributed by atoms with Crippen molar-refractivity contribution in [1.82, 2.24) is 15.1 Å². The van der Waals surface area contributed by atoms with Crippen molar-refractivity contribution < 1.29 is 28.3 Å². The van der Waals surface area contributed by atoms with E-state index in [1.165, 1.54) is 0 Å². The number of piperidine rings is 1. The maximum atomic E-state index is 13.2. The molecule has 7 nitrogen and oxygen atoms in total. The number of alkyl halides is 2. The summed E-state index contributed by atoms with van der Waals surface area (Å²) in [5, 5.41) is 12.1. The predicted octanol–water partition coefficient (Wildman–Crippen LogP) is 3.43. The standard InChI is InChI=1S/C23H28ClF2N3O4/c24-18-3-1-14(2-4-18)19-13-29(12-17(19)11-27-22(32)33)20(30)15-5-7-28(8-6-15)21(31)16-9-23(25,26)10-16/h1-4,15-17,19,27H,5-13H2,(H,32,33)/t17-,19-/m0/s1. The monoisotopic (exact) mass is 483 g/mol. The zero-order valence-electron chi connectivity index (χ0n) is 18.2. The van der Waals surface area contributed by atoms with Crippen LogP contribution in [0.25, 0.3) is 0 Å². The van der Waals surface area contributed by atoms with Crippen LogP contribution in [0.1, 0.15) is 37.2 Å². The van der Waals surface area contributed by atoms with Crippen LogP contribution in [-0.4, -0.2) is 71.5 Å². The molecular weight excluding hydrogens is 456 g/mol. The van der Waals surface area contributed by atoms with Crippen LogP contribution in [0.3, 0.4) is 0 Å². The highest BCUT2D eigenvalue weighted by molar-refractivity contribution is 6.30. The third-order valence-corrected chi connectivity index (χ3v) is 7.41. The van der Waals surface area contributed by atoms with Crippen molar-refractivity contribution in [3.63, 3.8) is 0 Å². The predicted molar refractivity (Wildman–Crippen MR) is 117 cm³/mol. The first-order chi connectivity index (χ1) is 15.6. The summed E-state index contributed by atoms with van der Waals surface area (Å²) in [4.78, 5) is 40.1. The van der Waals surface area contributed by atoms with Gasteiger partial charge in [-0.3, -0.25) is 9.59 Å². The largest absolute Gasteiger partial charge is 0.465 e. The molecule has 33 heavy (non-hydrogen) atoms. The van der Waals surface area contributed by atoms with Crippen LogP contribution in [0.15, 0.2) is 24.3 Å². The Morgan fingerprint density at radius 1 is 1.00 bits per heavy atom. The molecule has 3 amide bonds. The van der Waals surface area contributed by atoms with Gasteiger partial charge in [-0.1, -0.05) is 23.7 Å². The van der Waals surface area contributed by atoms with E-state index in [0.29, 0.717) is 44.0 Å². The first-order valence-corrected chi connectivity index (χ1v) is 11.7. The van der Waals surface area contributed by atoms with Crippen LogP contribution in [0.4, 0.5) is 13.6 Å². The minimum Gasteiger partial charge on any atom is -0.465 e. The summed E-state index contributed by atoms with van der Waals surface area (Å²) in [5.41, 5.74) is 1.00. The average Bonchev–Trinajstić information content (AvgIpc) is 3.20. The average molecular weight is 484 g/mol. The summed E-state index contributed by atoms with van der Waals surface area (Å²) in [5.74, 6) is -3.85. The molecule has 0 spiro atoms. The van der Waals surface area contributed by atoms with Gasteiger partial charge in [-0.05, 0) is 30.5 Å². The second-order valence-corrected chi connectivity index (χ2v) is 9.84. The maximum Gasteiger partial charge on any atom is 0.404 e. The minimum absolute atomic E-state index is 0.00839. The molecule has 0 bridgehead atoms. The smallest absolute Gasteiger partial charge is 0.404 e. The number of benzene rings is 1. The Hall–Kier alpha value is -2.42. The Labute approximate surface area is 196 Å². The molecule has 3 fully saturated rings. The summed E-state index contributed by atoms with van der Waals surface area (Å²) in [6.07, 6.45) is -0.843. The minimum atomic E-state index is -2.73. The van der Waals surface area contributed by atoms with Crippen molar-refractivity contribution in [2.24, 2.45) is 17.8 Å². The topological polar surface area (TPSA) is 89.9 Å². The van der Waals surface area contributed by atoms with Crippen molar-refractivity contribution in [3.8, 4) is 0 Å². The zero-order chi connectivity index (χ0) is 23.8. The Bertz CT molecular complexity index is 897. The number of carboxylic acid groups (broad SMARTS) is 1. The number of amides is 3. The lowest BCUT2D eigenvalue weighted by atomic mass is 9.80. The van der Waals surface area contributed by atoms with Crippen LogP contribution in [0, 0.1) is 17.8 Å². The van der Waals surface area contributed by atoms with Gasteiger partial charge < -0.3 is 20.2 Å². The quantitative estimate of drug-likeness (QED) is 0.671. The molecule has 2 saturated heterocycles. The third kappa shape index (κ3) is 5.39. The van der Waals surface area contributed by atoms with Crippen molar-refractivity contribution in [3.05, 3.63) is 34.9 Å². The van der Waals surface area contributed by atoms with E-state index in [2.05, 4.69) is 5.32 Å². The zero-order valence-corrected chi connectivity index (χ0v) is 18.9. The van der Waals surface area contributed by atoms with E-state index in [0.717, 1.165) is 5.56 Å². The van der Waals surface area contributed by atoms with E-state index in [1.807, 2.05) is 12.1 Å². The summed E-state index contributed by atoms with van der Waals surface area (Å²) in [6, 6.07) is 7.38. The number of carbonyl (C=O) groups excluding carboxylic acids is 2. The van der Waals surface area contributed by atoms with Crippen molar-refractivity contribution in [2.75, 3.05) is 32.7 Å². The van der Waals surface area contributed by atoms with E-state index in [4.69, 9.17) is 16.7 Å². The molecule has 2 N–H and O–H groups in total. The molecule has 1 aliphatic carbocycles. The fraction of sp³-hybridized carbons (Fsp3) is 0.609. The number of likely N-dealkylation sites (tertiary alicyclic amines) is 2. The molecule has 1 aromatic carbocycles. The number of carbonyl (C=O) groups is 3. The third-order valence-electron chi connectivity index (χ3n) is 7.16. The maximum absolute atomic E-state index is 13.2. The Morgan fingerprint density at radius 3 is 2.18 bits per heavy atom. The molecule has 0 radical (unpaired) electrons. The van der Waals surface area contributed by atoms with E-state index < -0.39 is 17.9 Å². The van der Waals surface area contributed by atoms with E-state index >= 15 is 0 Å². The molecule has 1 saturated carbocycles. The van der Waals surface area contributed by atoms with Crippen LogP contribution in [-0.2, 0) is 9.59 Å². The lowest BCUT2D eigenvalue weighted by Gasteiger charge is -2.40. The highest BCUT2D eigenvalue weighted by atomic mass is 35.5. The van der Waals surface area contributed by atoms with E-state index in [-0.39, 0.29) is 49.0 Å². The Morgan fingerprint density at radius 2 is 1.61 bits per heavy atom. The summed E-state index contributed by atoms with van der Waals surface area (Å²) in [6.45, 7) is 1.97. The normalized spacial score (nSPS) is 25.5. The number of hydrogen-bond acceptors (Lipinski definition) is 3. The number of nitrogens with one attached hydrogen (secondary N) is 1. The molecular formula is C23H28ClF2N3O4. The molecule has 2 atom stereocenters. The van der Waals surface area contributed by atoms with Gasteiger partial charge in [0.25, 0.3) is 0 Å². The molecule has 1 aromatic rings. The van der Waals surface area contributed by atoms with Crippen molar-refractivity contribution >= 4 is 29.5 Å². The lowest BCUT2D eigenvalue weighted by Crippen LogP contribution is -2.50. The Balaban J connectivity index is 1.35. The number of rotatable bonds is 5. The van der Waals surface area contributed by atoms with Gasteiger partial charge in [-0.15, -0.1) is 0 Å². The van der Waals surface area contributed by atoms with Crippen molar-refractivity contribution in [1.29, 1.82) is 0 Å². The molecule has 180 valence electrons. The number of nitrogens with zero attached hydrogens (tertiary/aromatic N) is 2. The molecule has 0 aromatic heterocycles. The highest BCUT2D eigenvalue weighted by Crippen LogP contribution is 2.43. The van der Waals surface area contributed by atoms with Gasteiger partial charge in [0.2, 0.25) is 17.7 Å². The SMILES string of the molecule is O=C(O)NC[C@H]1CN(C(=O)C2CCN(C(=O)C3CC(F)(F)C3)CC2)C[C@H]1c1ccc(Cl)cc1. The number of halogens is 3. The summed E-state index contributed by atoms with van der Waals surface area (Å²) < 4.78 is 26.2. The fourth-order valence-corrected chi connectivity index (χ4v) is 5.39. The number of hydrogen-bond donors (Lipinski definition) is 2. The van der Waals surface area contributed by atoms with Gasteiger partial charge >= 0.3 is 6.09 Å². The summed E-state index contributed by atoms with van der Waals surface area (Å²) in [7, 11) is 0. The molecule has 2 aliphatic heterocycles. The molecule has 2 heterocycles. The van der Waals surface area contributed by atoms with Crippen molar-refractivity contribution in [2.45, 2.75) is 37.5 Å². The second kappa shape index (κ2) is 9.44. The second-order valence-electron chi connectivity index (χ2n) is 9.41. The van der Waals surface area contributed by atoms with Crippen LogP contribution >= 0.6 is 11.6 Å². The molecule has 4 rings (SSSR count). The van der Waals surface area contributed by atoms with Crippen LogP contribution in [0.2, 0.25) is 5.02 Å². The van der Waals surface area contributed by atoms with Gasteiger partial charge in [-0.25, -0.2) is 13.6 Å². The van der Waals surface area contributed by atoms with Crippen LogP contribution < -0.4 is 5.32 Å². The van der Waals surface area contributed by atoms with E-state index in [1.54, 1.807) is 21.9 Å². The Kier molecular flexibility index (Phi) is 6.79. The first-order valence-electron chi connectivity index (χ1n) is 11.3. The van der Waals surface area contributed by atoms with Gasteiger partial charge in [0.15, 0.2) is 0 Å². The lowest BCUT2D eigenvalue weighted by molar-refractivity contribution is -0.161. The molecule has 0 unspecified atom stereocenters. The first kappa shape index (κ1) is 23.7. The van der Waals surface area contributed by atoms with Crippen LogP contribution in [0.5, 0.6) is 0 Å².